The molecular formula is C12H12ClN3O. The molecular weight excluding hydrogens is 238 g/mol. The number of nitrogen functional groups attached to an aromatic ring is 1. The second kappa shape index (κ2) is 5.01. The summed E-state index contributed by atoms with van der Waals surface area (Å²) in [6.45, 7) is 2.04. The van der Waals surface area contributed by atoms with Gasteiger partial charge in [-0.3, -0.25) is 0 Å². The lowest BCUT2D eigenvalue weighted by molar-refractivity contribution is 0.437. The molecule has 0 aliphatic rings. The van der Waals surface area contributed by atoms with Gasteiger partial charge in [-0.2, -0.15) is 0 Å². The summed E-state index contributed by atoms with van der Waals surface area (Å²) in [5.41, 5.74) is 7.42. The second-order valence-electron chi connectivity index (χ2n) is 3.51. The lowest BCUT2D eigenvalue weighted by Crippen LogP contribution is -1.96. The van der Waals surface area contributed by atoms with Crippen LogP contribution in [0.3, 0.4) is 0 Å². The van der Waals surface area contributed by atoms with E-state index < -0.39 is 0 Å². The Balaban J connectivity index is 2.28. The summed E-state index contributed by atoms with van der Waals surface area (Å²) in [5, 5.41) is 0.473. The van der Waals surface area contributed by atoms with Gasteiger partial charge in [0.2, 0.25) is 0 Å². The maximum Gasteiger partial charge on any atom is 0.321 e. The molecule has 1 aromatic carbocycles. The van der Waals surface area contributed by atoms with Gasteiger partial charge in [0.05, 0.1) is 17.4 Å². The minimum Gasteiger partial charge on any atom is -0.424 e. The number of halogens is 1. The van der Waals surface area contributed by atoms with Gasteiger partial charge in [-0.15, -0.1) is 0 Å². The molecule has 0 saturated heterocycles. The van der Waals surface area contributed by atoms with Gasteiger partial charge in [0.25, 0.3) is 0 Å². The highest BCUT2D eigenvalue weighted by Gasteiger charge is 2.06. The zero-order chi connectivity index (χ0) is 12.3. The molecule has 0 bridgehead atoms. The predicted molar refractivity (Wildman–Crippen MR) is 67.3 cm³/mol. The van der Waals surface area contributed by atoms with E-state index in [-0.39, 0.29) is 6.01 Å². The third-order valence-corrected chi connectivity index (χ3v) is 2.47. The standard InChI is InChI=1S/C12H12ClN3O/c1-2-8-3-4-10(14)5-11(8)17-12-15-6-9(13)7-16-12/h3-7H,2,14H2,1H3. The average molecular weight is 250 g/mol. The number of nitrogens with two attached hydrogens (primary N) is 1. The van der Waals surface area contributed by atoms with Crippen molar-refractivity contribution in [1.82, 2.24) is 9.97 Å². The maximum atomic E-state index is 5.72. The van der Waals surface area contributed by atoms with E-state index in [2.05, 4.69) is 9.97 Å². The summed E-state index contributed by atoms with van der Waals surface area (Å²) in [6.07, 6.45) is 3.83. The van der Waals surface area contributed by atoms with Crippen molar-refractivity contribution < 1.29 is 4.74 Å². The first kappa shape index (κ1) is 11.7. The first-order chi connectivity index (χ1) is 8.19. The van der Waals surface area contributed by atoms with Gasteiger partial charge >= 0.3 is 6.01 Å². The highest BCUT2D eigenvalue weighted by Crippen LogP contribution is 2.26. The number of ether oxygens (including phenoxy) is 1. The molecule has 2 rings (SSSR count). The Morgan fingerprint density at radius 3 is 2.65 bits per heavy atom. The lowest BCUT2D eigenvalue weighted by Gasteiger charge is -2.09. The normalized spacial score (nSPS) is 10.2. The van der Waals surface area contributed by atoms with Crippen molar-refractivity contribution in [1.29, 1.82) is 0 Å². The second-order valence-corrected chi connectivity index (χ2v) is 3.94. The number of hydrogen-bond acceptors (Lipinski definition) is 4. The molecule has 2 N–H and O–H groups in total. The van der Waals surface area contributed by atoms with Crippen LogP contribution in [0.4, 0.5) is 5.69 Å². The highest BCUT2D eigenvalue weighted by atomic mass is 35.5. The van der Waals surface area contributed by atoms with Crippen LogP contribution >= 0.6 is 11.6 Å². The van der Waals surface area contributed by atoms with Crippen molar-refractivity contribution in [3.63, 3.8) is 0 Å². The Hall–Kier alpha value is -1.81. The third kappa shape index (κ3) is 2.85. The van der Waals surface area contributed by atoms with Crippen LogP contribution in [0.2, 0.25) is 5.02 Å². The zero-order valence-corrected chi connectivity index (χ0v) is 10.1. The predicted octanol–water partition coefficient (Wildman–Crippen LogP) is 3.07. The van der Waals surface area contributed by atoms with E-state index in [0.717, 1.165) is 12.0 Å². The molecule has 1 heterocycles. The van der Waals surface area contributed by atoms with E-state index in [0.29, 0.717) is 16.5 Å². The van der Waals surface area contributed by atoms with E-state index in [1.807, 2.05) is 19.1 Å². The van der Waals surface area contributed by atoms with E-state index in [9.17, 15) is 0 Å². The molecule has 17 heavy (non-hydrogen) atoms. The number of aryl methyl sites for hydroxylation is 1. The van der Waals surface area contributed by atoms with Crippen molar-refractivity contribution in [2.75, 3.05) is 5.73 Å². The lowest BCUT2D eigenvalue weighted by atomic mass is 10.1. The van der Waals surface area contributed by atoms with Crippen LogP contribution in [0.15, 0.2) is 30.6 Å². The molecule has 5 heteroatoms. The molecule has 88 valence electrons. The van der Waals surface area contributed by atoms with Crippen LogP contribution in [0.25, 0.3) is 0 Å². The molecule has 1 aromatic heterocycles. The van der Waals surface area contributed by atoms with E-state index in [1.165, 1.54) is 12.4 Å². The highest BCUT2D eigenvalue weighted by molar-refractivity contribution is 6.30. The van der Waals surface area contributed by atoms with Crippen LogP contribution in [0, 0.1) is 0 Å². The fourth-order valence-corrected chi connectivity index (χ4v) is 1.51. The summed E-state index contributed by atoms with van der Waals surface area (Å²) in [4.78, 5) is 7.95. The summed E-state index contributed by atoms with van der Waals surface area (Å²) in [5.74, 6) is 0.676. The minimum absolute atomic E-state index is 0.259. The SMILES string of the molecule is CCc1ccc(N)cc1Oc1ncc(Cl)cn1. The number of rotatable bonds is 3. The number of nitrogens with zero attached hydrogens (tertiary/aromatic N) is 2. The van der Waals surface area contributed by atoms with Gasteiger partial charge in [0, 0.05) is 11.8 Å². The van der Waals surface area contributed by atoms with E-state index in [4.69, 9.17) is 22.1 Å². The molecule has 0 spiro atoms. The molecule has 0 atom stereocenters. The molecule has 0 unspecified atom stereocenters. The molecule has 0 fully saturated rings. The van der Waals surface area contributed by atoms with E-state index >= 15 is 0 Å². The number of aromatic nitrogens is 2. The van der Waals surface area contributed by atoms with Gasteiger partial charge in [0.15, 0.2) is 0 Å². The van der Waals surface area contributed by atoms with Crippen LogP contribution in [-0.4, -0.2) is 9.97 Å². The van der Waals surface area contributed by atoms with Crippen LogP contribution in [0.1, 0.15) is 12.5 Å². The average Bonchev–Trinajstić information content (AvgIpc) is 2.32. The maximum absolute atomic E-state index is 5.72. The van der Waals surface area contributed by atoms with Crippen molar-refractivity contribution in [3.05, 3.63) is 41.2 Å². The Kier molecular flexibility index (Phi) is 3.44. The van der Waals surface area contributed by atoms with Gasteiger partial charge in [0.1, 0.15) is 5.75 Å². The summed E-state index contributed by atoms with van der Waals surface area (Å²) in [7, 11) is 0. The van der Waals surface area contributed by atoms with Gasteiger partial charge in [-0.25, -0.2) is 9.97 Å². The Labute approximate surface area is 104 Å². The summed E-state index contributed by atoms with van der Waals surface area (Å²) in [6, 6.07) is 5.79. The van der Waals surface area contributed by atoms with Gasteiger partial charge < -0.3 is 10.5 Å². The van der Waals surface area contributed by atoms with Gasteiger partial charge in [-0.05, 0) is 18.1 Å². The number of anilines is 1. The first-order valence-electron chi connectivity index (χ1n) is 5.23. The third-order valence-electron chi connectivity index (χ3n) is 2.27. The number of benzene rings is 1. The zero-order valence-electron chi connectivity index (χ0n) is 9.35. The molecule has 0 amide bonds. The fraction of sp³-hybridized carbons (Fsp3) is 0.167. The minimum atomic E-state index is 0.259. The first-order valence-corrected chi connectivity index (χ1v) is 5.60. The molecule has 4 nitrogen and oxygen atoms in total. The fourth-order valence-electron chi connectivity index (χ4n) is 1.41. The van der Waals surface area contributed by atoms with E-state index in [1.54, 1.807) is 6.07 Å². The summed E-state index contributed by atoms with van der Waals surface area (Å²) < 4.78 is 5.58. The monoisotopic (exact) mass is 249 g/mol. The largest absolute Gasteiger partial charge is 0.424 e. The van der Waals surface area contributed by atoms with Crippen molar-refractivity contribution in [2.45, 2.75) is 13.3 Å². The molecule has 0 saturated carbocycles. The number of hydrogen-bond donors (Lipinski definition) is 1. The van der Waals surface area contributed by atoms with Crippen molar-refractivity contribution in [2.24, 2.45) is 0 Å². The molecule has 2 aromatic rings. The Morgan fingerprint density at radius 1 is 1.29 bits per heavy atom. The summed E-state index contributed by atoms with van der Waals surface area (Å²) >= 11 is 5.70. The van der Waals surface area contributed by atoms with Crippen molar-refractivity contribution >= 4 is 17.3 Å². The van der Waals surface area contributed by atoms with Crippen LogP contribution in [0.5, 0.6) is 11.8 Å². The molecule has 0 aliphatic carbocycles. The topological polar surface area (TPSA) is 61.0 Å². The van der Waals surface area contributed by atoms with Gasteiger partial charge in [-0.1, -0.05) is 24.6 Å². The Bertz CT molecular complexity index is 514. The quantitative estimate of drug-likeness (QED) is 0.850. The van der Waals surface area contributed by atoms with Crippen LogP contribution in [-0.2, 0) is 6.42 Å². The van der Waals surface area contributed by atoms with Crippen LogP contribution < -0.4 is 10.5 Å². The molecule has 0 aliphatic heterocycles. The van der Waals surface area contributed by atoms with Crippen molar-refractivity contribution in [3.8, 4) is 11.8 Å². The smallest absolute Gasteiger partial charge is 0.321 e. The Morgan fingerprint density at radius 2 is 2.00 bits per heavy atom. The molecule has 0 radical (unpaired) electrons.